The largest absolute Gasteiger partial charge is 0.479 e. The number of aliphatic imine (C=N–C) groups is 1. The van der Waals surface area contributed by atoms with Crippen LogP contribution in [0.15, 0.2) is 82.3 Å². The SMILES string of the molecule is Cc1ccnc(/N=C/c2nc(/C(=C\c3ccccc3)NC(=O)c3ccccc3)oc2O)n1. The number of nitrogens with one attached hydrogen (secondary N) is 1. The second-order valence-electron chi connectivity index (χ2n) is 6.75. The highest BCUT2D eigenvalue weighted by molar-refractivity contribution is 6.01. The number of carbonyl (C=O) groups excluding carboxylic acids is 1. The van der Waals surface area contributed by atoms with E-state index in [1.165, 1.54) is 6.21 Å². The van der Waals surface area contributed by atoms with Gasteiger partial charge in [0.1, 0.15) is 5.70 Å². The maximum Gasteiger partial charge on any atom is 0.312 e. The fourth-order valence-corrected chi connectivity index (χ4v) is 2.79. The van der Waals surface area contributed by atoms with Crippen molar-refractivity contribution in [1.29, 1.82) is 0 Å². The molecule has 0 aliphatic rings. The molecule has 2 aromatic carbocycles. The summed E-state index contributed by atoms with van der Waals surface area (Å²) in [5.41, 5.74) is 2.41. The molecule has 8 heteroatoms. The molecule has 0 fully saturated rings. The summed E-state index contributed by atoms with van der Waals surface area (Å²) in [7, 11) is 0. The maximum absolute atomic E-state index is 12.7. The van der Waals surface area contributed by atoms with E-state index in [4.69, 9.17) is 4.42 Å². The first-order valence-electron chi connectivity index (χ1n) is 9.75. The summed E-state index contributed by atoms with van der Waals surface area (Å²) in [4.78, 5) is 29.3. The van der Waals surface area contributed by atoms with Crippen LogP contribution in [0, 0.1) is 6.92 Å². The van der Waals surface area contributed by atoms with E-state index in [2.05, 4.69) is 25.3 Å². The third-order valence-electron chi connectivity index (χ3n) is 4.34. The normalized spacial score (nSPS) is 11.6. The number of benzene rings is 2. The van der Waals surface area contributed by atoms with Crippen molar-refractivity contribution >= 4 is 29.8 Å². The summed E-state index contributed by atoms with van der Waals surface area (Å²) in [6.45, 7) is 1.82. The Morgan fingerprint density at radius 3 is 2.47 bits per heavy atom. The van der Waals surface area contributed by atoms with Crippen molar-refractivity contribution in [3.05, 3.63) is 101 Å². The van der Waals surface area contributed by atoms with Crippen molar-refractivity contribution in [1.82, 2.24) is 20.3 Å². The van der Waals surface area contributed by atoms with Gasteiger partial charge in [-0.15, -0.1) is 0 Å². The van der Waals surface area contributed by atoms with E-state index >= 15 is 0 Å². The van der Waals surface area contributed by atoms with Crippen molar-refractivity contribution in [3.8, 4) is 5.95 Å². The lowest BCUT2D eigenvalue weighted by molar-refractivity contribution is 0.0973. The van der Waals surface area contributed by atoms with Gasteiger partial charge >= 0.3 is 5.95 Å². The lowest BCUT2D eigenvalue weighted by atomic mass is 10.1. The van der Waals surface area contributed by atoms with Gasteiger partial charge in [-0.25, -0.2) is 19.9 Å². The number of aryl methyl sites for hydroxylation is 1. The van der Waals surface area contributed by atoms with Crippen LogP contribution in [0.4, 0.5) is 5.95 Å². The molecule has 2 heterocycles. The molecule has 0 radical (unpaired) electrons. The third kappa shape index (κ3) is 5.11. The van der Waals surface area contributed by atoms with Crippen molar-refractivity contribution < 1.29 is 14.3 Å². The number of hydrogen-bond donors (Lipinski definition) is 2. The molecule has 4 rings (SSSR count). The summed E-state index contributed by atoms with van der Waals surface area (Å²) >= 11 is 0. The third-order valence-corrected chi connectivity index (χ3v) is 4.34. The molecular weight excluding hydrogens is 406 g/mol. The van der Waals surface area contributed by atoms with Gasteiger partial charge in [-0.2, -0.15) is 0 Å². The number of aromatic nitrogens is 3. The Kier molecular flexibility index (Phi) is 6.12. The van der Waals surface area contributed by atoms with Crippen LogP contribution in [-0.4, -0.2) is 32.2 Å². The van der Waals surface area contributed by atoms with Crippen LogP contribution in [0.25, 0.3) is 11.8 Å². The fraction of sp³-hybridized carbons (Fsp3) is 0.0417. The predicted octanol–water partition coefficient (Wildman–Crippen LogP) is 4.16. The Balaban J connectivity index is 1.66. The van der Waals surface area contributed by atoms with Gasteiger partial charge in [0.25, 0.3) is 5.91 Å². The average molecular weight is 425 g/mol. The first-order valence-corrected chi connectivity index (χ1v) is 9.75. The Morgan fingerprint density at radius 1 is 1.03 bits per heavy atom. The van der Waals surface area contributed by atoms with Crippen molar-refractivity contribution in [2.75, 3.05) is 0 Å². The number of nitrogens with zero attached hydrogens (tertiary/aromatic N) is 4. The van der Waals surface area contributed by atoms with E-state index in [9.17, 15) is 9.90 Å². The second kappa shape index (κ2) is 9.48. The number of oxazole rings is 1. The fourth-order valence-electron chi connectivity index (χ4n) is 2.79. The quantitative estimate of drug-likeness (QED) is 0.449. The molecular formula is C24H19N5O3. The summed E-state index contributed by atoms with van der Waals surface area (Å²) in [6.07, 6.45) is 4.59. The number of rotatable bonds is 6. The summed E-state index contributed by atoms with van der Waals surface area (Å²) in [5, 5.41) is 13.0. The Morgan fingerprint density at radius 2 is 1.75 bits per heavy atom. The van der Waals surface area contributed by atoms with Crippen molar-refractivity contribution in [2.24, 2.45) is 4.99 Å². The highest BCUT2D eigenvalue weighted by atomic mass is 16.5. The van der Waals surface area contributed by atoms with Crippen LogP contribution >= 0.6 is 0 Å². The molecule has 0 atom stereocenters. The zero-order valence-corrected chi connectivity index (χ0v) is 17.1. The molecule has 0 spiro atoms. The highest BCUT2D eigenvalue weighted by Gasteiger charge is 2.18. The van der Waals surface area contributed by atoms with Crippen LogP contribution < -0.4 is 5.32 Å². The number of aromatic hydroxyl groups is 1. The smallest absolute Gasteiger partial charge is 0.312 e. The zero-order chi connectivity index (χ0) is 22.3. The molecule has 0 saturated heterocycles. The maximum atomic E-state index is 12.7. The van der Waals surface area contributed by atoms with E-state index in [-0.39, 0.29) is 29.1 Å². The first kappa shape index (κ1) is 20.7. The van der Waals surface area contributed by atoms with Crippen molar-refractivity contribution in [2.45, 2.75) is 6.92 Å². The zero-order valence-electron chi connectivity index (χ0n) is 17.1. The lowest BCUT2D eigenvalue weighted by Gasteiger charge is -2.07. The van der Waals surface area contributed by atoms with Gasteiger partial charge in [0.05, 0.1) is 6.21 Å². The van der Waals surface area contributed by atoms with E-state index < -0.39 is 5.95 Å². The molecule has 1 amide bonds. The van der Waals surface area contributed by atoms with Gasteiger partial charge in [0, 0.05) is 17.5 Å². The number of carbonyl (C=O) groups is 1. The lowest BCUT2D eigenvalue weighted by Crippen LogP contribution is -2.22. The van der Waals surface area contributed by atoms with Crippen LogP contribution in [0.1, 0.15) is 33.2 Å². The second-order valence-corrected chi connectivity index (χ2v) is 6.75. The average Bonchev–Trinajstić information content (AvgIpc) is 3.19. The van der Waals surface area contributed by atoms with Crippen LogP contribution in [-0.2, 0) is 0 Å². The summed E-state index contributed by atoms with van der Waals surface area (Å²) in [6, 6.07) is 19.9. The minimum absolute atomic E-state index is 0.0299. The summed E-state index contributed by atoms with van der Waals surface area (Å²) < 4.78 is 5.43. The van der Waals surface area contributed by atoms with E-state index in [1.807, 2.05) is 43.3 Å². The monoisotopic (exact) mass is 425 g/mol. The molecule has 2 aromatic heterocycles. The minimum atomic E-state index is -0.440. The first-order chi connectivity index (χ1) is 15.6. The number of amides is 1. The predicted molar refractivity (Wildman–Crippen MR) is 120 cm³/mol. The van der Waals surface area contributed by atoms with Gasteiger partial charge in [-0.05, 0) is 36.8 Å². The Hall–Kier alpha value is -4.59. The van der Waals surface area contributed by atoms with Gasteiger partial charge in [-0.3, -0.25) is 4.79 Å². The minimum Gasteiger partial charge on any atom is -0.479 e. The van der Waals surface area contributed by atoms with Gasteiger partial charge in [0.15, 0.2) is 5.69 Å². The topological polar surface area (TPSA) is 114 Å². The van der Waals surface area contributed by atoms with Crippen LogP contribution in [0.2, 0.25) is 0 Å². The summed E-state index contributed by atoms with van der Waals surface area (Å²) in [5.74, 6) is -0.521. The number of hydrogen-bond acceptors (Lipinski definition) is 7. The molecule has 8 nitrogen and oxygen atoms in total. The highest BCUT2D eigenvalue weighted by Crippen LogP contribution is 2.23. The van der Waals surface area contributed by atoms with Gasteiger partial charge in [0.2, 0.25) is 11.8 Å². The molecule has 158 valence electrons. The van der Waals surface area contributed by atoms with E-state index in [0.717, 1.165) is 11.3 Å². The van der Waals surface area contributed by atoms with Crippen LogP contribution in [0.5, 0.6) is 5.95 Å². The molecule has 4 aromatic rings. The molecule has 0 aliphatic heterocycles. The van der Waals surface area contributed by atoms with Gasteiger partial charge in [-0.1, -0.05) is 48.5 Å². The molecule has 32 heavy (non-hydrogen) atoms. The van der Waals surface area contributed by atoms with E-state index in [1.54, 1.807) is 42.6 Å². The molecule has 0 unspecified atom stereocenters. The Bertz CT molecular complexity index is 1280. The van der Waals surface area contributed by atoms with E-state index in [0.29, 0.717) is 5.56 Å². The van der Waals surface area contributed by atoms with Crippen molar-refractivity contribution in [3.63, 3.8) is 0 Å². The Labute approximate surface area is 184 Å². The van der Waals surface area contributed by atoms with Crippen LogP contribution in [0.3, 0.4) is 0 Å². The standard InChI is InChI=1S/C24H19N5O3/c1-16-12-13-25-24(27-16)26-15-20-23(31)32-22(29-20)19(14-17-8-4-2-5-9-17)28-21(30)18-10-6-3-7-11-18/h2-15,31H,1H3,(H,28,30)/b19-14+,26-15+. The molecule has 0 saturated carbocycles. The molecule has 0 aliphatic carbocycles. The molecule has 0 bridgehead atoms. The van der Waals surface area contributed by atoms with Gasteiger partial charge < -0.3 is 14.8 Å². The molecule has 2 N–H and O–H groups in total.